The molecule has 1 saturated carbocycles. The first-order valence-corrected chi connectivity index (χ1v) is 9.05. The van der Waals surface area contributed by atoms with Crippen LogP contribution in [0.15, 0.2) is 48.7 Å². The van der Waals surface area contributed by atoms with Crippen molar-refractivity contribution in [1.82, 2.24) is 9.88 Å². The van der Waals surface area contributed by atoms with Crippen LogP contribution in [0.4, 0.5) is 10.5 Å². The summed E-state index contributed by atoms with van der Waals surface area (Å²) in [7, 11) is 0. The quantitative estimate of drug-likeness (QED) is 0.862. The maximum absolute atomic E-state index is 12.6. The van der Waals surface area contributed by atoms with E-state index < -0.39 is 11.4 Å². The molecule has 0 spiro atoms. The number of ether oxygens (including phenoxy) is 1. The minimum Gasteiger partial charge on any atom is -0.481 e. The summed E-state index contributed by atoms with van der Waals surface area (Å²) in [5, 5.41) is 12.5. The molecule has 2 heterocycles. The van der Waals surface area contributed by atoms with E-state index in [0.717, 1.165) is 12.8 Å². The van der Waals surface area contributed by atoms with Gasteiger partial charge in [0.25, 0.3) is 0 Å². The second-order valence-electron chi connectivity index (χ2n) is 7.16. The minimum atomic E-state index is -0.786. The van der Waals surface area contributed by atoms with Gasteiger partial charge < -0.3 is 20.1 Å². The maximum Gasteiger partial charge on any atom is 0.321 e. The van der Waals surface area contributed by atoms with Gasteiger partial charge in [-0.25, -0.2) is 9.78 Å². The van der Waals surface area contributed by atoms with Gasteiger partial charge in [-0.1, -0.05) is 18.6 Å². The zero-order valence-electron chi connectivity index (χ0n) is 14.8. The maximum atomic E-state index is 12.6. The van der Waals surface area contributed by atoms with Crippen molar-refractivity contribution in [2.75, 3.05) is 18.4 Å². The Morgan fingerprint density at radius 3 is 2.89 bits per heavy atom. The number of rotatable bonds is 4. The van der Waals surface area contributed by atoms with E-state index in [1.807, 2.05) is 6.07 Å². The predicted octanol–water partition coefficient (Wildman–Crippen LogP) is 3.59. The van der Waals surface area contributed by atoms with E-state index in [1.165, 1.54) is 0 Å². The fourth-order valence-corrected chi connectivity index (χ4v) is 4.16. The largest absolute Gasteiger partial charge is 0.481 e. The average molecular weight is 367 g/mol. The van der Waals surface area contributed by atoms with Gasteiger partial charge in [0.15, 0.2) is 0 Å². The highest BCUT2D eigenvalue weighted by atomic mass is 16.5. The summed E-state index contributed by atoms with van der Waals surface area (Å²) < 4.78 is 5.68. The average Bonchev–Trinajstić information content (AvgIpc) is 3.21. The number of anilines is 1. The number of urea groups is 1. The zero-order chi connectivity index (χ0) is 18.9. The summed E-state index contributed by atoms with van der Waals surface area (Å²) in [6, 6.07) is 12.2. The summed E-state index contributed by atoms with van der Waals surface area (Å²) in [6.07, 6.45) is 4.07. The van der Waals surface area contributed by atoms with Crippen LogP contribution in [-0.4, -0.2) is 40.1 Å². The Bertz CT molecular complexity index is 857. The molecule has 2 atom stereocenters. The number of nitrogens with one attached hydrogen (secondary N) is 1. The van der Waals surface area contributed by atoms with Crippen molar-refractivity contribution >= 4 is 17.7 Å². The lowest BCUT2D eigenvalue weighted by atomic mass is 9.81. The Labute approximate surface area is 157 Å². The summed E-state index contributed by atoms with van der Waals surface area (Å²) >= 11 is 0. The topological polar surface area (TPSA) is 91.8 Å². The van der Waals surface area contributed by atoms with Crippen LogP contribution in [0.2, 0.25) is 0 Å². The summed E-state index contributed by atoms with van der Waals surface area (Å²) in [5.74, 6) is 0.286. The van der Waals surface area contributed by atoms with Crippen LogP contribution in [0.25, 0.3) is 0 Å². The SMILES string of the molecule is O=C(Nc1cccc(Oc2ccccn2)c1)N1C[C@@H]2CCC[C@@]2(C(=O)O)C1. The molecule has 2 amide bonds. The number of aromatic nitrogens is 1. The van der Waals surface area contributed by atoms with Crippen molar-refractivity contribution in [1.29, 1.82) is 0 Å². The van der Waals surface area contributed by atoms with E-state index >= 15 is 0 Å². The number of carbonyl (C=O) groups excluding carboxylic acids is 1. The molecule has 2 aliphatic rings. The van der Waals surface area contributed by atoms with E-state index in [0.29, 0.717) is 30.3 Å². The molecule has 1 saturated heterocycles. The van der Waals surface area contributed by atoms with Gasteiger partial charge in [0.05, 0.1) is 5.41 Å². The van der Waals surface area contributed by atoms with Crippen molar-refractivity contribution in [3.8, 4) is 11.6 Å². The van der Waals surface area contributed by atoms with Gasteiger partial charge in [-0.3, -0.25) is 4.79 Å². The lowest BCUT2D eigenvalue weighted by Gasteiger charge is -2.23. The van der Waals surface area contributed by atoms with Gasteiger partial charge in [-0.15, -0.1) is 0 Å². The number of hydrogen-bond donors (Lipinski definition) is 2. The number of carboxylic acid groups (broad SMARTS) is 1. The van der Waals surface area contributed by atoms with E-state index in [4.69, 9.17) is 4.74 Å². The monoisotopic (exact) mass is 367 g/mol. The summed E-state index contributed by atoms with van der Waals surface area (Å²) in [4.78, 5) is 30.1. The molecule has 2 fully saturated rings. The first kappa shape index (κ1) is 17.3. The minimum absolute atomic E-state index is 0.0413. The first-order valence-electron chi connectivity index (χ1n) is 9.05. The molecular formula is C20H21N3O4. The normalized spacial score (nSPS) is 23.7. The highest BCUT2D eigenvalue weighted by Gasteiger charge is 2.55. The van der Waals surface area contributed by atoms with Crippen LogP contribution >= 0.6 is 0 Å². The standard InChI is InChI=1S/C20H21N3O4/c24-18(25)20-9-4-5-14(20)12-23(13-20)19(26)22-15-6-3-7-16(11-15)27-17-8-1-2-10-21-17/h1-3,6-8,10-11,14H,4-5,9,12-13H2,(H,22,26)(H,24,25)/t14-,20+/m0/s1. The van der Waals surface area contributed by atoms with Crippen LogP contribution in [0.1, 0.15) is 19.3 Å². The number of nitrogens with zero attached hydrogens (tertiary/aromatic N) is 2. The molecule has 0 unspecified atom stereocenters. The zero-order valence-corrected chi connectivity index (χ0v) is 14.8. The molecule has 2 N–H and O–H groups in total. The van der Waals surface area contributed by atoms with Crippen molar-refractivity contribution < 1.29 is 19.4 Å². The van der Waals surface area contributed by atoms with Gasteiger partial charge in [0, 0.05) is 37.1 Å². The Kier molecular flexibility index (Phi) is 4.43. The van der Waals surface area contributed by atoms with Crippen LogP contribution in [0, 0.1) is 11.3 Å². The van der Waals surface area contributed by atoms with Gasteiger partial charge in [-0.05, 0) is 37.0 Å². The Balaban J connectivity index is 1.43. The van der Waals surface area contributed by atoms with Gasteiger partial charge in [0.2, 0.25) is 5.88 Å². The molecule has 7 nitrogen and oxygen atoms in total. The smallest absolute Gasteiger partial charge is 0.321 e. The Morgan fingerprint density at radius 2 is 2.15 bits per heavy atom. The molecule has 0 bridgehead atoms. The van der Waals surface area contributed by atoms with Crippen LogP contribution < -0.4 is 10.1 Å². The van der Waals surface area contributed by atoms with Crippen LogP contribution in [0.3, 0.4) is 0 Å². The van der Waals surface area contributed by atoms with Gasteiger partial charge >= 0.3 is 12.0 Å². The number of carbonyl (C=O) groups is 2. The number of amides is 2. The van der Waals surface area contributed by atoms with E-state index in [2.05, 4.69) is 10.3 Å². The van der Waals surface area contributed by atoms with Crippen molar-refractivity contribution in [2.24, 2.45) is 11.3 Å². The lowest BCUT2D eigenvalue weighted by Crippen LogP contribution is -2.38. The highest BCUT2D eigenvalue weighted by Crippen LogP contribution is 2.48. The molecule has 1 aliphatic heterocycles. The molecule has 27 heavy (non-hydrogen) atoms. The number of fused-ring (bicyclic) bond motifs is 1. The molecule has 1 aromatic heterocycles. The fourth-order valence-electron chi connectivity index (χ4n) is 4.16. The fraction of sp³-hybridized carbons (Fsp3) is 0.350. The van der Waals surface area contributed by atoms with Crippen molar-refractivity contribution in [3.63, 3.8) is 0 Å². The summed E-state index contributed by atoms with van der Waals surface area (Å²) in [6.45, 7) is 0.755. The Hall–Kier alpha value is -3.09. The lowest BCUT2D eigenvalue weighted by molar-refractivity contribution is -0.149. The number of benzene rings is 1. The highest BCUT2D eigenvalue weighted by molar-refractivity contribution is 5.90. The molecule has 0 radical (unpaired) electrons. The third kappa shape index (κ3) is 3.32. The first-order chi connectivity index (χ1) is 13.1. The van der Waals surface area contributed by atoms with Crippen LogP contribution in [0.5, 0.6) is 11.6 Å². The Morgan fingerprint density at radius 1 is 1.26 bits per heavy atom. The number of hydrogen-bond acceptors (Lipinski definition) is 4. The van der Waals surface area contributed by atoms with Gasteiger partial charge in [-0.2, -0.15) is 0 Å². The molecular weight excluding hydrogens is 346 g/mol. The summed E-state index contributed by atoms with van der Waals surface area (Å²) in [5.41, 5.74) is -0.184. The molecule has 1 aromatic carbocycles. The predicted molar refractivity (Wildman–Crippen MR) is 98.8 cm³/mol. The second-order valence-corrected chi connectivity index (χ2v) is 7.16. The third-order valence-electron chi connectivity index (χ3n) is 5.53. The molecule has 1 aliphatic carbocycles. The molecule has 2 aromatic rings. The van der Waals surface area contributed by atoms with Crippen molar-refractivity contribution in [3.05, 3.63) is 48.7 Å². The van der Waals surface area contributed by atoms with E-state index in [1.54, 1.807) is 47.5 Å². The molecule has 140 valence electrons. The number of pyridine rings is 1. The van der Waals surface area contributed by atoms with E-state index in [-0.39, 0.29) is 18.5 Å². The number of aliphatic carboxylic acids is 1. The third-order valence-corrected chi connectivity index (χ3v) is 5.53. The number of carboxylic acids is 1. The van der Waals surface area contributed by atoms with Gasteiger partial charge in [0.1, 0.15) is 5.75 Å². The number of likely N-dealkylation sites (tertiary alicyclic amines) is 1. The molecule has 7 heteroatoms. The van der Waals surface area contributed by atoms with Crippen LogP contribution in [-0.2, 0) is 4.79 Å². The van der Waals surface area contributed by atoms with E-state index in [9.17, 15) is 14.7 Å². The molecule has 4 rings (SSSR count). The van der Waals surface area contributed by atoms with Crippen molar-refractivity contribution in [2.45, 2.75) is 19.3 Å². The second kappa shape index (κ2) is 6.90.